The van der Waals surface area contributed by atoms with Crippen LogP contribution in [0.15, 0.2) is 59.5 Å². The van der Waals surface area contributed by atoms with Gasteiger partial charge in [-0.3, -0.25) is 0 Å². The van der Waals surface area contributed by atoms with Crippen molar-refractivity contribution in [3.8, 4) is 11.6 Å². The summed E-state index contributed by atoms with van der Waals surface area (Å²) in [5, 5.41) is 0. The zero-order valence-corrected chi connectivity index (χ0v) is 20.5. The van der Waals surface area contributed by atoms with Crippen LogP contribution in [0.5, 0.6) is 11.6 Å². The van der Waals surface area contributed by atoms with E-state index in [0.29, 0.717) is 41.4 Å². The highest BCUT2D eigenvalue weighted by Gasteiger charge is 2.32. The number of aryl methyl sites for hydroxylation is 1. The fourth-order valence-corrected chi connectivity index (χ4v) is 5.88. The Morgan fingerprint density at radius 2 is 1.65 bits per heavy atom. The van der Waals surface area contributed by atoms with E-state index in [-0.39, 0.29) is 6.54 Å². The summed E-state index contributed by atoms with van der Waals surface area (Å²) < 4.78 is 34.3. The third kappa shape index (κ3) is 4.65. The summed E-state index contributed by atoms with van der Waals surface area (Å²) in [6.07, 6.45) is 2.74. The lowest BCUT2D eigenvalue weighted by Crippen LogP contribution is -2.38. The summed E-state index contributed by atoms with van der Waals surface area (Å²) in [5.74, 6) is 2.49. The smallest absolute Gasteiger partial charge is 0.243 e. The minimum atomic E-state index is -3.62. The van der Waals surface area contributed by atoms with Crippen molar-refractivity contribution < 1.29 is 13.2 Å². The lowest BCUT2D eigenvalue weighted by Gasteiger charge is -2.33. The van der Waals surface area contributed by atoms with Crippen LogP contribution >= 0.6 is 0 Å². The predicted octanol–water partition coefficient (Wildman–Crippen LogP) is 4.56. The van der Waals surface area contributed by atoms with Gasteiger partial charge in [0.15, 0.2) is 0 Å². The maximum atomic E-state index is 13.3. The van der Waals surface area contributed by atoms with E-state index >= 15 is 0 Å². The first-order valence-corrected chi connectivity index (χ1v) is 13.3. The monoisotopic (exact) mass is 478 g/mol. The van der Waals surface area contributed by atoms with Crippen molar-refractivity contribution in [2.45, 2.75) is 44.6 Å². The lowest BCUT2D eigenvalue weighted by molar-refractivity contribution is 0.368. The Morgan fingerprint density at radius 1 is 0.941 bits per heavy atom. The van der Waals surface area contributed by atoms with Gasteiger partial charge in [0.1, 0.15) is 5.75 Å². The number of anilines is 1. The normalized spacial score (nSPS) is 17.4. The Hall–Kier alpha value is -2.97. The molecule has 0 radical (unpaired) electrons. The molecule has 7 nitrogen and oxygen atoms in total. The van der Waals surface area contributed by atoms with Crippen LogP contribution in [0.4, 0.5) is 5.95 Å². The number of nitrogens with zero attached hydrogens (tertiary/aromatic N) is 4. The van der Waals surface area contributed by atoms with Gasteiger partial charge >= 0.3 is 0 Å². The minimum Gasteiger partial charge on any atom is -0.439 e. The number of fused-ring (bicyclic) bond motifs is 1. The second-order valence-electron chi connectivity index (χ2n) is 9.24. The molecule has 0 N–H and O–H groups in total. The van der Waals surface area contributed by atoms with Gasteiger partial charge in [0.25, 0.3) is 0 Å². The van der Waals surface area contributed by atoms with Crippen LogP contribution in [0.1, 0.15) is 36.6 Å². The number of ether oxygens (including phenoxy) is 1. The topological polar surface area (TPSA) is 75.6 Å². The molecule has 2 aliphatic rings. The average Bonchev–Trinajstić information content (AvgIpc) is 2.86. The van der Waals surface area contributed by atoms with Gasteiger partial charge in [0.05, 0.1) is 16.2 Å². The van der Waals surface area contributed by atoms with Gasteiger partial charge in [-0.25, -0.2) is 13.4 Å². The van der Waals surface area contributed by atoms with Gasteiger partial charge in [-0.05, 0) is 49.9 Å². The first-order chi connectivity index (χ1) is 16.4. The Labute approximate surface area is 201 Å². The Morgan fingerprint density at radius 3 is 2.35 bits per heavy atom. The van der Waals surface area contributed by atoms with Gasteiger partial charge < -0.3 is 9.64 Å². The molecule has 0 bridgehead atoms. The largest absolute Gasteiger partial charge is 0.439 e. The maximum absolute atomic E-state index is 13.3. The van der Waals surface area contributed by atoms with Crippen molar-refractivity contribution in [3.05, 3.63) is 71.4 Å². The molecule has 0 saturated carbocycles. The molecular weight excluding hydrogens is 448 g/mol. The van der Waals surface area contributed by atoms with Crippen molar-refractivity contribution in [2.75, 3.05) is 24.5 Å². The van der Waals surface area contributed by atoms with Gasteiger partial charge in [-0.1, -0.05) is 42.8 Å². The molecule has 3 heterocycles. The molecule has 8 heteroatoms. The van der Waals surface area contributed by atoms with E-state index in [4.69, 9.17) is 14.7 Å². The molecule has 1 fully saturated rings. The molecule has 5 rings (SSSR count). The highest BCUT2D eigenvalue weighted by atomic mass is 32.2. The zero-order valence-electron chi connectivity index (χ0n) is 19.6. The summed E-state index contributed by atoms with van der Waals surface area (Å²) in [6, 6.07) is 16.4. The number of benzene rings is 2. The van der Waals surface area contributed by atoms with Gasteiger partial charge in [0, 0.05) is 32.6 Å². The van der Waals surface area contributed by atoms with Crippen molar-refractivity contribution >= 4 is 16.0 Å². The summed E-state index contributed by atoms with van der Waals surface area (Å²) in [5.41, 5.74) is 2.74. The highest BCUT2D eigenvalue weighted by Crippen LogP contribution is 2.34. The SMILES string of the molecule is Cc1ccc(Oc2nc(N3CCC(C)CC3)nc3c2CN(S(=O)(=O)c2ccccc2)CC3)cc1. The molecule has 0 unspecified atom stereocenters. The van der Waals surface area contributed by atoms with E-state index in [9.17, 15) is 8.42 Å². The van der Waals surface area contributed by atoms with Gasteiger partial charge in [0.2, 0.25) is 21.9 Å². The molecule has 1 saturated heterocycles. The Bertz CT molecular complexity index is 1260. The predicted molar refractivity (Wildman–Crippen MR) is 132 cm³/mol. The minimum absolute atomic E-state index is 0.186. The molecule has 0 aliphatic carbocycles. The van der Waals surface area contributed by atoms with Crippen molar-refractivity contribution in [1.29, 1.82) is 0 Å². The molecule has 0 amide bonds. The number of piperidine rings is 1. The van der Waals surface area contributed by atoms with E-state index in [2.05, 4.69) is 11.8 Å². The second kappa shape index (κ2) is 9.35. The summed E-state index contributed by atoms with van der Waals surface area (Å²) in [4.78, 5) is 12.2. The molecule has 1 aromatic heterocycles. The van der Waals surface area contributed by atoms with Crippen molar-refractivity contribution in [1.82, 2.24) is 14.3 Å². The Kier molecular flexibility index (Phi) is 6.27. The molecule has 0 spiro atoms. The zero-order chi connectivity index (χ0) is 23.7. The summed E-state index contributed by atoms with van der Waals surface area (Å²) in [7, 11) is -3.62. The molecule has 34 heavy (non-hydrogen) atoms. The fourth-order valence-electron chi connectivity index (χ4n) is 4.45. The standard InChI is InChI=1S/C26H30N4O3S/c1-19-8-10-21(11-9-19)33-25-23-18-30(34(31,32)22-6-4-3-5-7-22)17-14-24(23)27-26(28-25)29-15-12-20(2)13-16-29/h3-11,20H,12-18H2,1-2H3. The van der Waals surface area contributed by atoms with E-state index in [1.807, 2.05) is 37.3 Å². The van der Waals surface area contributed by atoms with Crippen LogP contribution in [0, 0.1) is 12.8 Å². The molecule has 2 aliphatic heterocycles. The number of sulfonamides is 1. The van der Waals surface area contributed by atoms with Crippen LogP contribution < -0.4 is 9.64 Å². The van der Waals surface area contributed by atoms with Crippen molar-refractivity contribution in [2.24, 2.45) is 5.92 Å². The number of hydrogen-bond donors (Lipinski definition) is 0. The summed E-state index contributed by atoms with van der Waals surface area (Å²) >= 11 is 0. The number of hydrogen-bond acceptors (Lipinski definition) is 6. The van der Waals surface area contributed by atoms with E-state index < -0.39 is 10.0 Å². The molecule has 0 atom stereocenters. The molecular formula is C26H30N4O3S. The van der Waals surface area contributed by atoms with Crippen LogP contribution in [-0.2, 0) is 23.0 Å². The second-order valence-corrected chi connectivity index (χ2v) is 11.2. The fraction of sp³-hybridized carbons (Fsp3) is 0.385. The van der Waals surface area contributed by atoms with Gasteiger partial charge in [-0.15, -0.1) is 0 Å². The third-order valence-electron chi connectivity index (χ3n) is 6.66. The van der Waals surface area contributed by atoms with E-state index in [1.54, 1.807) is 24.3 Å². The van der Waals surface area contributed by atoms with Gasteiger partial charge in [-0.2, -0.15) is 9.29 Å². The van der Waals surface area contributed by atoms with Crippen LogP contribution in [-0.4, -0.2) is 42.3 Å². The maximum Gasteiger partial charge on any atom is 0.243 e. The quantitative estimate of drug-likeness (QED) is 0.535. The van der Waals surface area contributed by atoms with E-state index in [0.717, 1.165) is 42.8 Å². The molecule has 3 aromatic rings. The third-order valence-corrected chi connectivity index (χ3v) is 8.52. The van der Waals surface area contributed by atoms with Crippen molar-refractivity contribution in [3.63, 3.8) is 0 Å². The Balaban J connectivity index is 1.51. The highest BCUT2D eigenvalue weighted by molar-refractivity contribution is 7.89. The van der Waals surface area contributed by atoms with Crippen LogP contribution in [0.3, 0.4) is 0 Å². The van der Waals surface area contributed by atoms with Crippen LogP contribution in [0.2, 0.25) is 0 Å². The lowest BCUT2D eigenvalue weighted by atomic mass is 9.99. The van der Waals surface area contributed by atoms with Crippen LogP contribution in [0.25, 0.3) is 0 Å². The number of rotatable bonds is 5. The number of aromatic nitrogens is 2. The molecule has 2 aromatic carbocycles. The average molecular weight is 479 g/mol. The summed E-state index contributed by atoms with van der Waals surface area (Å²) in [6.45, 7) is 6.69. The first kappa shape index (κ1) is 22.8. The first-order valence-electron chi connectivity index (χ1n) is 11.8. The molecule has 178 valence electrons. The van der Waals surface area contributed by atoms with E-state index in [1.165, 1.54) is 4.31 Å².